The first-order valence-corrected chi connectivity index (χ1v) is 12.5. The predicted molar refractivity (Wildman–Crippen MR) is 139 cm³/mol. The third-order valence-electron chi connectivity index (χ3n) is 6.21. The first-order chi connectivity index (χ1) is 18.5. The lowest BCUT2D eigenvalue weighted by molar-refractivity contribution is -0.562. The molecule has 0 radical (unpaired) electrons. The summed E-state index contributed by atoms with van der Waals surface area (Å²) in [6, 6.07) is 27.2. The fourth-order valence-corrected chi connectivity index (χ4v) is 4.40. The number of hydrogen-bond donors (Lipinski definition) is 1. The summed E-state index contributed by atoms with van der Waals surface area (Å²) in [5.41, 5.74) is 2.74. The lowest BCUT2D eigenvalue weighted by Gasteiger charge is -2.42. The SMILES string of the molecule is CC(=O)NC1O[C@H](COCc2ccccc2)C(OCc2ccccc2)[C@H](OCc2ccccc2)C1[N+](=O)[O-]. The Morgan fingerprint density at radius 2 is 1.29 bits per heavy atom. The van der Waals surface area contributed by atoms with Crippen LogP contribution >= 0.6 is 0 Å². The number of ether oxygens (including phenoxy) is 4. The van der Waals surface area contributed by atoms with E-state index in [1.165, 1.54) is 6.92 Å². The van der Waals surface area contributed by atoms with Crippen molar-refractivity contribution in [1.82, 2.24) is 5.32 Å². The van der Waals surface area contributed by atoms with Gasteiger partial charge in [0.05, 0.1) is 26.4 Å². The van der Waals surface area contributed by atoms with Crippen molar-refractivity contribution < 1.29 is 28.7 Å². The Balaban J connectivity index is 1.59. The van der Waals surface area contributed by atoms with Gasteiger partial charge in [-0.25, -0.2) is 0 Å². The van der Waals surface area contributed by atoms with Crippen LogP contribution in [0.5, 0.6) is 0 Å². The number of nitro groups is 1. The van der Waals surface area contributed by atoms with E-state index in [9.17, 15) is 14.9 Å². The number of carbonyl (C=O) groups is 1. The summed E-state index contributed by atoms with van der Waals surface area (Å²) in [6.45, 7) is 2.03. The van der Waals surface area contributed by atoms with E-state index < -0.39 is 41.4 Å². The Morgan fingerprint density at radius 3 is 1.76 bits per heavy atom. The van der Waals surface area contributed by atoms with Crippen LogP contribution in [-0.2, 0) is 43.6 Å². The molecule has 200 valence electrons. The lowest BCUT2D eigenvalue weighted by Crippen LogP contribution is -2.66. The van der Waals surface area contributed by atoms with Crippen LogP contribution in [-0.4, -0.2) is 48.0 Å². The van der Waals surface area contributed by atoms with Crippen molar-refractivity contribution in [2.45, 2.75) is 57.3 Å². The summed E-state index contributed by atoms with van der Waals surface area (Å²) in [7, 11) is 0. The minimum absolute atomic E-state index is 0.0834. The van der Waals surface area contributed by atoms with Crippen LogP contribution < -0.4 is 5.32 Å². The van der Waals surface area contributed by atoms with Crippen LogP contribution in [0, 0.1) is 10.1 Å². The topological polar surface area (TPSA) is 109 Å². The molecule has 4 rings (SSSR count). The van der Waals surface area contributed by atoms with Crippen LogP contribution in [0.3, 0.4) is 0 Å². The van der Waals surface area contributed by atoms with E-state index in [4.69, 9.17) is 18.9 Å². The standard InChI is InChI=1S/C29H32N2O7/c1-21(32)30-29-26(31(33)34)28(37-19-24-15-9-4-10-16-24)27(36-18-23-13-7-3-8-14-23)25(38-29)20-35-17-22-11-5-2-6-12-22/h2-16,25-29H,17-20H2,1H3,(H,30,32)/t25-,26?,27?,28-,29?/m1/s1. The van der Waals surface area contributed by atoms with Crippen LogP contribution in [0.2, 0.25) is 0 Å². The maximum Gasteiger partial charge on any atom is 0.285 e. The van der Waals surface area contributed by atoms with E-state index in [-0.39, 0.29) is 19.8 Å². The average molecular weight is 521 g/mol. The van der Waals surface area contributed by atoms with Gasteiger partial charge in [-0.15, -0.1) is 0 Å². The van der Waals surface area contributed by atoms with Gasteiger partial charge in [-0.2, -0.15) is 0 Å². The number of rotatable bonds is 12. The molecule has 0 bridgehead atoms. The summed E-state index contributed by atoms with van der Waals surface area (Å²) in [5.74, 6) is -0.448. The second-order valence-electron chi connectivity index (χ2n) is 9.09. The Hall–Kier alpha value is -3.63. The van der Waals surface area contributed by atoms with E-state index in [1.807, 2.05) is 91.0 Å². The average Bonchev–Trinajstić information content (AvgIpc) is 2.92. The highest BCUT2D eigenvalue weighted by atomic mass is 16.7. The second-order valence-corrected chi connectivity index (χ2v) is 9.09. The zero-order valence-electron chi connectivity index (χ0n) is 21.2. The van der Waals surface area contributed by atoms with Gasteiger partial charge in [0.2, 0.25) is 12.1 Å². The van der Waals surface area contributed by atoms with Gasteiger partial charge in [-0.3, -0.25) is 14.9 Å². The van der Waals surface area contributed by atoms with Crippen LogP contribution in [0.15, 0.2) is 91.0 Å². The van der Waals surface area contributed by atoms with Crippen molar-refractivity contribution in [3.63, 3.8) is 0 Å². The summed E-state index contributed by atoms with van der Waals surface area (Å²) >= 11 is 0. The van der Waals surface area contributed by atoms with Gasteiger partial charge in [-0.1, -0.05) is 91.0 Å². The second kappa shape index (κ2) is 13.8. The molecule has 38 heavy (non-hydrogen) atoms. The summed E-state index contributed by atoms with van der Waals surface area (Å²) < 4.78 is 24.5. The number of hydrogen-bond acceptors (Lipinski definition) is 7. The summed E-state index contributed by atoms with van der Waals surface area (Å²) in [6.07, 6.45) is -3.82. The zero-order valence-corrected chi connectivity index (χ0v) is 21.2. The molecule has 0 saturated carbocycles. The van der Waals surface area contributed by atoms with Gasteiger partial charge in [-0.05, 0) is 16.7 Å². The summed E-state index contributed by atoms with van der Waals surface area (Å²) in [4.78, 5) is 23.8. The molecule has 3 unspecified atom stereocenters. The van der Waals surface area contributed by atoms with Crippen molar-refractivity contribution in [3.8, 4) is 0 Å². The molecule has 9 nitrogen and oxygen atoms in total. The van der Waals surface area contributed by atoms with Crippen molar-refractivity contribution in [2.24, 2.45) is 0 Å². The molecule has 0 spiro atoms. The molecule has 1 saturated heterocycles. The molecule has 3 aromatic rings. The fraction of sp³-hybridized carbons (Fsp3) is 0.345. The van der Waals surface area contributed by atoms with Gasteiger partial charge in [0.1, 0.15) is 12.2 Å². The number of carbonyl (C=O) groups excluding carboxylic acids is 1. The van der Waals surface area contributed by atoms with Crippen LogP contribution in [0.4, 0.5) is 0 Å². The molecular weight excluding hydrogens is 488 g/mol. The van der Waals surface area contributed by atoms with Crippen molar-refractivity contribution >= 4 is 5.91 Å². The highest BCUT2D eigenvalue weighted by Crippen LogP contribution is 2.29. The Bertz CT molecular complexity index is 1150. The molecule has 1 amide bonds. The van der Waals surface area contributed by atoms with E-state index in [2.05, 4.69) is 5.32 Å². The minimum Gasteiger partial charge on any atom is -0.374 e. The number of amides is 1. The molecule has 5 atom stereocenters. The number of nitrogens with zero attached hydrogens (tertiary/aromatic N) is 1. The largest absolute Gasteiger partial charge is 0.374 e. The Kier molecular flexibility index (Phi) is 9.94. The third-order valence-corrected chi connectivity index (χ3v) is 6.21. The maximum atomic E-state index is 12.3. The molecule has 1 aliphatic rings. The molecule has 1 N–H and O–H groups in total. The van der Waals surface area contributed by atoms with E-state index in [0.717, 1.165) is 16.7 Å². The lowest BCUT2D eigenvalue weighted by atomic mass is 9.95. The molecule has 1 aliphatic heterocycles. The molecule has 0 aromatic heterocycles. The Morgan fingerprint density at radius 1 is 0.816 bits per heavy atom. The van der Waals surface area contributed by atoms with Crippen molar-refractivity contribution in [2.75, 3.05) is 6.61 Å². The maximum absolute atomic E-state index is 12.3. The molecular formula is C29H32N2O7. The van der Waals surface area contributed by atoms with E-state index in [0.29, 0.717) is 6.61 Å². The Labute approximate surface area is 221 Å². The highest BCUT2D eigenvalue weighted by molar-refractivity contribution is 5.73. The molecule has 1 heterocycles. The van der Waals surface area contributed by atoms with Crippen molar-refractivity contribution in [3.05, 3.63) is 118 Å². The quantitative estimate of drug-likeness (QED) is 0.285. The molecule has 9 heteroatoms. The van der Waals surface area contributed by atoms with E-state index in [1.54, 1.807) is 0 Å². The molecule has 0 aliphatic carbocycles. The first kappa shape index (κ1) is 27.4. The number of benzene rings is 3. The smallest absolute Gasteiger partial charge is 0.285 e. The number of nitrogens with one attached hydrogen (secondary N) is 1. The van der Waals surface area contributed by atoms with Crippen LogP contribution in [0.25, 0.3) is 0 Å². The van der Waals surface area contributed by atoms with Gasteiger partial charge < -0.3 is 24.3 Å². The molecule has 3 aromatic carbocycles. The minimum atomic E-state index is -1.39. The predicted octanol–water partition coefficient (Wildman–Crippen LogP) is 3.88. The highest BCUT2D eigenvalue weighted by Gasteiger charge is 2.54. The normalized spacial score (nSPS) is 23.0. The first-order valence-electron chi connectivity index (χ1n) is 12.5. The van der Waals surface area contributed by atoms with E-state index >= 15 is 0 Å². The summed E-state index contributed by atoms with van der Waals surface area (Å²) in [5, 5.41) is 14.9. The fourth-order valence-electron chi connectivity index (χ4n) is 4.40. The zero-order chi connectivity index (χ0) is 26.7. The van der Waals surface area contributed by atoms with Crippen LogP contribution in [0.1, 0.15) is 23.6 Å². The molecule has 1 fully saturated rings. The van der Waals surface area contributed by atoms with Gasteiger partial charge in [0, 0.05) is 11.8 Å². The van der Waals surface area contributed by atoms with Crippen molar-refractivity contribution in [1.29, 1.82) is 0 Å². The van der Waals surface area contributed by atoms with Gasteiger partial charge in [0.25, 0.3) is 6.04 Å². The monoisotopic (exact) mass is 520 g/mol. The van der Waals surface area contributed by atoms with Gasteiger partial charge >= 0.3 is 0 Å². The third kappa shape index (κ3) is 7.69. The van der Waals surface area contributed by atoms with Gasteiger partial charge in [0.15, 0.2) is 6.10 Å².